The summed E-state index contributed by atoms with van der Waals surface area (Å²) in [5.74, 6) is -0.399. The van der Waals surface area contributed by atoms with Crippen LogP contribution in [0.2, 0.25) is 0 Å². The quantitative estimate of drug-likeness (QED) is 0.698. The van der Waals surface area contributed by atoms with E-state index in [2.05, 4.69) is 5.10 Å². The van der Waals surface area contributed by atoms with Gasteiger partial charge in [0, 0.05) is 18.8 Å². The van der Waals surface area contributed by atoms with Crippen molar-refractivity contribution in [1.82, 2.24) is 9.78 Å². The van der Waals surface area contributed by atoms with Crippen molar-refractivity contribution in [3.63, 3.8) is 0 Å². The molecule has 1 aromatic heterocycles. The summed E-state index contributed by atoms with van der Waals surface area (Å²) < 4.78 is 14.8. The summed E-state index contributed by atoms with van der Waals surface area (Å²) in [6.45, 7) is 0. The number of hydrogen-bond acceptors (Lipinski definition) is 2. The first kappa shape index (κ1) is 8.74. The van der Waals surface area contributed by atoms with Crippen molar-refractivity contribution < 1.29 is 4.39 Å². The van der Waals surface area contributed by atoms with Crippen LogP contribution in [0.4, 0.5) is 10.1 Å². The summed E-state index contributed by atoms with van der Waals surface area (Å²) in [7, 11) is 1.81. The predicted molar refractivity (Wildman–Crippen MR) is 53.0 cm³/mol. The first-order valence-corrected chi connectivity index (χ1v) is 4.22. The largest absolute Gasteiger partial charge is 0.396 e. The van der Waals surface area contributed by atoms with Gasteiger partial charge in [-0.3, -0.25) is 4.68 Å². The van der Waals surface area contributed by atoms with Gasteiger partial charge in [0.05, 0.1) is 11.4 Å². The highest BCUT2D eigenvalue weighted by molar-refractivity contribution is 5.62. The molecular formula is C10H10FN3. The van der Waals surface area contributed by atoms with Gasteiger partial charge < -0.3 is 5.73 Å². The van der Waals surface area contributed by atoms with Crippen molar-refractivity contribution in [2.24, 2.45) is 7.05 Å². The van der Waals surface area contributed by atoms with Crippen molar-refractivity contribution in [2.75, 3.05) is 5.73 Å². The van der Waals surface area contributed by atoms with Crippen LogP contribution in [-0.4, -0.2) is 9.78 Å². The highest BCUT2D eigenvalue weighted by atomic mass is 19.1. The molecule has 2 rings (SSSR count). The van der Waals surface area contributed by atoms with Gasteiger partial charge in [0.15, 0.2) is 0 Å². The molecule has 1 heterocycles. The zero-order valence-corrected chi connectivity index (χ0v) is 7.74. The Morgan fingerprint density at radius 1 is 1.36 bits per heavy atom. The van der Waals surface area contributed by atoms with E-state index in [1.54, 1.807) is 23.0 Å². The maximum atomic E-state index is 13.1. The first-order valence-electron chi connectivity index (χ1n) is 4.22. The molecule has 0 aliphatic heterocycles. The van der Waals surface area contributed by atoms with Crippen LogP contribution in [-0.2, 0) is 7.05 Å². The number of nitrogens with zero attached hydrogens (tertiary/aromatic N) is 2. The third kappa shape index (κ3) is 1.35. The van der Waals surface area contributed by atoms with Gasteiger partial charge in [-0.05, 0) is 18.2 Å². The molecule has 14 heavy (non-hydrogen) atoms. The molecule has 0 fully saturated rings. The van der Waals surface area contributed by atoms with Gasteiger partial charge >= 0.3 is 0 Å². The lowest BCUT2D eigenvalue weighted by Crippen LogP contribution is -1.95. The number of hydrogen-bond donors (Lipinski definition) is 1. The van der Waals surface area contributed by atoms with E-state index < -0.39 is 5.82 Å². The van der Waals surface area contributed by atoms with Crippen LogP contribution in [0, 0.1) is 5.82 Å². The molecule has 4 heteroatoms. The average molecular weight is 191 g/mol. The van der Waals surface area contributed by atoms with Gasteiger partial charge in [-0.2, -0.15) is 5.10 Å². The van der Waals surface area contributed by atoms with Crippen molar-refractivity contribution in [3.05, 3.63) is 36.3 Å². The molecule has 0 aliphatic rings. The maximum Gasteiger partial charge on any atom is 0.146 e. The summed E-state index contributed by atoms with van der Waals surface area (Å²) in [4.78, 5) is 0. The molecule has 0 spiro atoms. The van der Waals surface area contributed by atoms with E-state index in [0.717, 1.165) is 11.3 Å². The van der Waals surface area contributed by atoms with E-state index in [0.29, 0.717) is 0 Å². The number of aryl methyl sites for hydroxylation is 1. The van der Waals surface area contributed by atoms with E-state index in [4.69, 9.17) is 5.73 Å². The summed E-state index contributed by atoms with van der Waals surface area (Å²) in [6, 6.07) is 6.56. The topological polar surface area (TPSA) is 43.8 Å². The molecule has 2 aromatic rings. The Bertz CT molecular complexity index is 462. The fraction of sp³-hybridized carbons (Fsp3) is 0.100. The Morgan fingerprint density at radius 3 is 2.71 bits per heavy atom. The number of benzene rings is 1. The predicted octanol–water partition coefficient (Wildman–Crippen LogP) is 1.81. The van der Waals surface area contributed by atoms with E-state index >= 15 is 0 Å². The number of halogens is 1. The van der Waals surface area contributed by atoms with Gasteiger partial charge in [-0.15, -0.1) is 0 Å². The van der Waals surface area contributed by atoms with Gasteiger partial charge in [-0.25, -0.2) is 4.39 Å². The van der Waals surface area contributed by atoms with Crippen molar-refractivity contribution in [2.45, 2.75) is 0 Å². The molecule has 0 amide bonds. The minimum atomic E-state index is -0.399. The van der Waals surface area contributed by atoms with E-state index in [1.807, 2.05) is 13.1 Å². The van der Waals surface area contributed by atoms with Gasteiger partial charge in [0.1, 0.15) is 5.82 Å². The normalized spacial score (nSPS) is 10.4. The lowest BCUT2D eigenvalue weighted by atomic mass is 10.1. The van der Waals surface area contributed by atoms with Crippen molar-refractivity contribution in [1.29, 1.82) is 0 Å². The minimum absolute atomic E-state index is 0.163. The van der Waals surface area contributed by atoms with Gasteiger partial charge in [-0.1, -0.05) is 6.07 Å². The molecule has 0 saturated heterocycles. The zero-order valence-electron chi connectivity index (χ0n) is 7.74. The van der Waals surface area contributed by atoms with Crippen molar-refractivity contribution >= 4 is 5.69 Å². The second-order valence-electron chi connectivity index (χ2n) is 3.08. The number of rotatable bonds is 1. The third-order valence-corrected chi connectivity index (χ3v) is 2.12. The third-order valence-electron chi connectivity index (χ3n) is 2.12. The second-order valence-corrected chi connectivity index (χ2v) is 3.08. The van der Waals surface area contributed by atoms with E-state index in [1.165, 1.54) is 6.07 Å². The Hall–Kier alpha value is -1.84. The maximum absolute atomic E-state index is 13.1. The fourth-order valence-electron chi connectivity index (χ4n) is 1.34. The molecule has 0 saturated carbocycles. The molecule has 0 bridgehead atoms. The molecule has 0 unspecified atom stereocenters. The van der Waals surface area contributed by atoms with E-state index in [9.17, 15) is 4.39 Å². The summed E-state index contributed by atoms with van der Waals surface area (Å²) >= 11 is 0. The summed E-state index contributed by atoms with van der Waals surface area (Å²) in [5.41, 5.74) is 7.19. The van der Waals surface area contributed by atoms with Gasteiger partial charge in [0.2, 0.25) is 0 Å². The van der Waals surface area contributed by atoms with Gasteiger partial charge in [0.25, 0.3) is 0 Å². The first-order chi connectivity index (χ1) is 6.68. The molecule has 72 valence electrons. The molecule has 3 nitrogen and oxygen atoms in total. The molecule has 0 atom stereocenters. The summed E-state index contributed by atoms with van der Waals surface area (Å²) in [5, 5.41) is 4.01. The van der Waals surface area contributed by atoms with Crippen LogP contribution in [0.25, 0.3) is 11.3 Å². The Balaban J connectivity index is 2.53. The monoisotopic (exact) mass is 191 g/mol. The lowest BCUT2D eigenvalue weighted by Gasteiger charge is -2.03. The Morgan fingerprint density at radius 2 is 2.14 bits per heavy atom. The minimum Gasteiger partial charge on any atom is -0.396 e. The molecule has 0 radical (unpaired) electrons. The molecule has 2 N–H and O–H groups in total. The standard InChI is InChI=1S/C10H10FN3/c1-14-10(4-5-13-14)7-2-3-9(12)8(11)6-7/h2-6H,12H2,1H3. The zero-order chi connectivity index (χ0) is 10.1. The number of nitrogens with two attached hydrogens (primary N) is 1. The molecular weight excluding hydrogens is 181 g/mol. The number of anilines is 1. The lowest BCUT2D eigenvalue weighted by molar-refractivity contribution is 0.632. The van der Waals surface area contributed by atoms with Crippen LogP contribution in [0.15, 0.2) is 30.5 Å². The van der Waals surface area contributed by atoms with Crippen LogP contribution >= 0.6 is 0 Å². The fourth-order valence-corrected chi connectivity index (χ4v) is 1.34. The van der Waals surface area contributed by atoms with Crippen molar-refractivity contribution in [3.8, 4) is 11.3 Å². The van der Waals surface area contributed by atoms with Crippen LogP contribution in [0.1, 0.15) is 0 Å². The van der Waals surface area contributed by atoms with Crippen LogP contribution in [0.3, 0.4) is 0 Å². The smallest absolute Gasteiger partial charge is 0.146 e. The Kier molecular flexibility index (Phi) is 1.96. The summed E-state index contributed by atoms with van der Waals surface area (Å²) in [6.07, 6.45) is 1.67. The average Bonchev–Trinajstić information content (AvgIpc) is 2.57. The SMILES string of the molecule is Cn1nccc1-c1ccc(N)c(F)c1. The molecule has 1 aromatic carbocycles. The number of nitrogen functional groups attached to an aromatic ring is 1. The molecule has 0 aliphatic carbocycles. The van der Waals surface area contributed by atoms with E-state index in [-0.39, 0.29) is 5.69 Å². The number of aromatic nitrogens is 2. The highest BCUT2D eigenvalue weighted by Gasteiger charge is 2.05. The highest BCUT2D eigenvalue weighted by Crippen LogP contribution is 2.21. The van der Waals surface area contributed by atoms with Crippen LogP contribution < -0.4 is 5.73 Å². The Labute approximate surface area is 81.0 Å². The van der Waals surface area contributed by atoms with Crippen LogP contribution in [0.5, 0.6) is 0 Å². The second kappa shape index (κ2) is 3.14.